The predicted octanol–water partition coefficient (Wildman–Crippen LogP) is 1.82. The van der Waals surface area contributed by atoms with Gasteiger partial charge in [-0.2, -0.15) is 0 Å². The van der Waals surface area contributed by atoms with Crippen LogP contribution in [0.1, 0.15) is 11.1 Å². The Labute approximate surface area is 74.4 Å². The molecule has 0 saturated carbocycles. The van der Waals surface area contributed by atoms with Gasteiger partial charge in [0.05, 0.1) is 0 Å². The fraction of sp³-hybridized carbons (Fsp3) is 0.100. The molecule has 0 aliphatic carbocycles. The van der Waals surface area contributed by atoms with Crippen molar-refractivity contribution in [1.82, 2.24) is 0 Å². The lowest BCUT2D eigenvalue weighted by atomic mass is 10.1. The SMILES string of the molecule is Cc1c(C#CC=O)ccc(F)c1F. The maximum Gasteiger partial charge on any atom is 0.193 e. The van der Waals surface area contributed by atoms with E-state index in [1.165, 1.54) is 13.0 Å². The van der Waals surface area contributed by atoms with Crippen molar-refractivity contribution in [3.05, 3.63) is 34.9 Å². The summed E-state index contributed by atoms with van der Waals surface area (Å²) in [6.07, 6.45) is 0.403. The summed E-state index contributed by atoms with van der Waals surface area (Å²) in [6, 6.07) is 2.32. The van der Waals surface area contributed by atoms with Crippen molar-refractivity contribution in [1.29, 1.82) is 0 Å². The van der Waals surface area contributed by atoms with Crippen molar-refractivity contribution < 1.29 is 13.6 Å². The summed E-state index contributed by atoms with van der Waals surface area (Å²) < 4.78 is 25.5. The summed E-state index contributed by atoms with van der Waals surface area (Å²) in [7, 11) is 0. The van der Waals surface area contributed by atoms with E-state index in [4.69, 9.17) is 0 Å². The number of carbonyl (C=O) groups excluding carboxylic acids is 1. The Morgan fingerprint density at radius 1 is 1.38 bits per heavy atom. The zero-order chi connectivity index (χ0) is 9.84. The van der Waals surface area contributed by atoms with Gasteiger partial charge in [0.2, 0.25) is 0 Å². The van der Waals surface area contributed by atoms with E-state index in [0.29, 0.717) is 11.8 Å². The molecule has 3 heteroatoms. The molecule has 1 nitrogen and oxygen atoms in total. The van der Waals surface area contributed by atoms with Crippen LogP contribution in [-0.4, -0.2) is 6.29 Å². The first-order chi connectivity index (χ1) is 6.16. The standard InChI is InChI=1S/C10H6F2O/c1-7-8(3-2-6-13)4-5-9(11)10(7)12/h4-6H,1H3. The maximum atomic E-state index is 12.9. The summed E-state index contributed by atoms with van der Waals surface area (Å²) in [6.45, 7) is 1.41. The van der Waals surface area contributed by atoms with Crippen molar-refractivity contribution in [3.63, 3.8) is 0 Å². The minimum atomic E-state index is -0.919. The molecule has 1 rings (SSSR count). The van der Waals surface area contributed by atoms with Gasteiger partial charge >= 0.3 is 0 Å². The van der Waals surface area contributed by atoms with Crippen molar-refractivity contribution in [2.45, 2.75) is 6.92 Å². The highest BCUT2D eigenvalue weighted by Gasteiger charge is 2.07. The lowest BCUT2D eigenvalue weighted by Gasteiger charge is -1.99. The van der Waals surface area contributed by atoms with Gasteiger partial charge in [0.15, 0.2) is 17.9 Å². The van der Waals surface area contributed by atoms with Gasteiger partial charge in [0.1, 0.15) is 0 Å². The maximum absolute atomic E-state index is 12.9. The van der Waals surface area contributed by atoms with Crippen LogP contribution in [-0.2, 0) is 4.79 Å². The monoisotopic (exact) mass is 180 g/mol. The third-order valence-corrected chi connectivity index (χ3v) is 1.61. The van der Waals surface area contributed by atoms with Gasteiger partial charge in [0, 0.05) is 11.1 Å². The smallest absolute Gasteiger partial charge is 0.193 e. The van der Waals surface area contributed by atoms with Crippen LogP contribution in [0.4, 0.5) is 8.78 Å². The van der Waals surface area contributed by atoms with E-state index < -0.39 is 11.6 Å². The molecule has 0 aliphatic heterocycles. The highest BCUT2D eigenvalue weighted by atomic mass is 19.2. The molecule has 66 valence electrons. The van der Waals surface area contributed by atoms with Crippen LogP contribution in [0.3, 0.4) is 0 Å². The Balaban J connectivity index is 3.25. The molecule has 0 saturated heterocycles. The predicted molar refractivity (Wildman–Crippen MR) is 44.0 cm³/mol. The first-order valence-corrected chi connectivity index (χ1v) is 3.56. The second kappa shape index (κ2) is 3.81. The Bertz CT molecular complexity index is 399. The van der Waals surface area contributed by atoms with Crippen LogP contribution in [0.25, 0.3) is 0 Å². The van der Waals surface area contributed by atoms with Gasteiger partial charge in [-0.15, -0.1) is 0 Å². The zero-order valence-corrected chi connectivity index (χ0v) is 6.90. The highest BCUT2D eigenvalue weighted by Crippen LogP contribution is 2.14. The first-order valence-electron chi connectivity index (χ1n) is 3.56. The van der Waals surface area contributed by atoms with E-state index in [0.717, 1.165) is 6.07 Å². The zero-order valence-electron chi connectivity index (χ0n) is 6.90. The fourth-order valence-electron chi connectivity index (χ4n) is 0.895. The van der Waals surface area contributed by atoms with Crippen molar-refractivity contribution in [2.24, 2.45) is 0 Å². The van der Waals surface area contributed by atoms with Gasteiger partial charge < -0.3 is 0 Å². The van der Waals surface area contributed by atoms with E-state index in [1.807, 2.05) is 0 Å². The minimum absolute atomic E-state index is 0.120. The van der Waals surface area contributed by atoms with Crippen LogP contribution >= 0.6 is 0 Å². The summed E-state index contributed by atoms with van der Waals surface area (Å²) >= 11 is 0. The van der Waals surface area contributed by atoms with E-state index in [-0.39, 0.29) is 5.56 Å². The van der Waals surface area contributed by atoms with E-state index in [9.17, 15) is 13.6 Å². The molecule has 0 aromatic heterocycles. The summed E-state index contributed by atoms with van der Waals surface area (Å²) in [4.78, 5) is 9.90. The second-order valence-corrected chi connectivity index (χ2v) is 2.42. The molecule has 0 amide bonds. The molecule has 0 unspecified atom stereocenters. The molecule has 1 aromatic rings. The van der Waals surface area contributed by atoms with Gasteiger partial charge in [0.25, 0.3) is 0 Å². The number of benzene rings is 1. The lowest BCUT2D eigenvalue weighted by Crippen LogP contribution is -1.92. The third-order valence-electron chi connectivity index (χ3n) is 1.61. The number of halogens is 2. The molecular formula is C10H6F2O. The van der Waals surface area contributed by atoms with Gasteiger partial charge in [-0.05, 0) is 25.0 Å². The molecule has 1 aromatic carbocycles. The fourth-order valence-corrected chi connectivity index (χ4v) is 0.895. The van der Waals surface area contributed by atoms with Gasteiger partial charge in [-0.3, -0.25) is 4.79 Å². The number of hydrogen-bond acceptors (Lipinski definition) is 1. The summed E-state index contributed by atoms with van der Waals surface area (Å²) in [5.41, 5.74) is 0.445. The molecule has 0 radical (unpaired) electrons. The molecule has 0 fully saturated rings. The minimum Gasteiger partial charge on any atom is -0.289 e. The van der Waals surface area contributed by atoms with Crippen molar-refractivity contribution in [3.8, 4) is 11.8 Å². The molecule has 0 aliphatic rings. The highest BCUT2D eigenvalue weighted by molar-refractivity contribution is 5.74. The number of aldehydes is 1. The van der Waals surface area contributed by atoms with Crippen LogP contribution in [0.5, 0.6) is 0 Å². The first kappa shape index (κ1) is 9.40. The van der Waals surface area contributed by atoms with Crippen molar-refractivity contribution in [2.75, 3.05) is 0 Å². The Morgan fingerprint density at radius 2 is 2.08 bits per heavy atom. The Kier molecular flexibility index (Phi) is 2.76. The van der Waals surface area contributed by atoms with E-state index in [2.05, 4.69) is 11.8 Å². The number of rotatable bonds is 0. The van der Waals surface area contributed by atoms with Crippen LogP contribution < -0.4 is 0 Å². The normalized spacial score (nSPS) is 8.85. The van der Waals surface area contributed by atoms with Gasteiger partial charge in [-0.25, -0.2) is 8.78 Å². The molecule has 0 N–H and O–H groups in total. The Morgan fingerprint density at radius 3 is 2.69 bits per heavy atom. The van der Waals surface area contributed by atoms with E-state index in [1.54, 1.807) is 0 Å². The lowest BCUT2D eigenvalue weighted by molar-refractivity contribution is -0.103. The van der Waals surface area contributed by atoms with Crippen molar-refractivity contribution >= 4 is 6.29 Å². The largest absolute Gasteiger partial charge is 0.289 e. The topological polar surface area (TPSA) is 17.1 Å². The summed E-state index contributed by atoms with van der Waals surface area (Å²) in [5.74, 6) is 2.71. The quantitative estimate of drug-likeness (QED) is 0.439. The average Bonchev–Trinajstić information content (AvgIpc) is 2.13. The second-order valence-electron chi connectivity index (χ2n) is 2.42. The van der Waals surface area contributed by atoms with Crippen LogP contribution in [0.15, 0.2) is 12.1 Å². The molecule has 0 bridgehead atoms. The average molecular weight is 180 g/mol. The molecular weight excluding hydrogens is 174 g/mol. The summed E-state index contributed by atoms with van der Waals surface area (Å²) in [5, 5.41) is 0. The van der Waals surface area contributed by atoms with Gasteiger partial charge in [-0.1, -0.05) is 5.92 Å². The number of hydrogen-bond donors (Lipinski definition) is 0. The van der Waals surface area contributed by atoms with Crippen LogP contribution in [0, 0.1) is 30.4 Å². The molecule has 0 heterocycles. The van der Waals surface area contributed by atoms with Crippen LogP contribution in [0.2, 0.25) is 0 Å². The number of carbonyl (C=O) groups is 1. The molecule has 13 heavy (non-hydrogen) atoms. The molecule has 0 atom stereocenters. The Hall–Kier alpha value is -1.69. The van der Waals surface area contributed by atoms with E-state index >= 15 is 0 Å². The molecule has 0 spiro atoms. The third kappa shape index (κ3) is 1.91.